The first-order valence-electron chi connectivity index (χ1n) is 9.42. The summed E-state index contributed by atoms with van der Waals surface area (Å²) in [4.78, 5) is 12.7. The van der Waals surface area contributed by atoms with E-state index in [4.69, 9.17) is 4.74 Å². The second-order valence-corrected chi connectivity index (χ2v) is 8.77. The van der Waals surface area contributed by atoms with Crippen molar-refractivity contribution in [2.45, 2.75) is 17.9 Å². The van der Waals surface area contributed by atoms with Gasteiger partial charge in [-0.15, -0.1) is 0 Å². The van der Waals surface area contributed by atoms with Crippen LogP contribution in [0.1, 0.15) is 28.9 Å². The van der Waals surface area contributed by atoms with Crippen molar-refractivity contribution in [3.63, 3.8) is 0 Å². The van der Waals surface area contributed by atoms with Crippen LogP contribution in [0, 0.1) is 0 Å². The molecule has 0 spiro atoms. The first kappa shape index (κ1) is 21.4. The Bertz CT molecular complexity index is 1100. The third-order valence-electron chi connectivity index (χ3n) is 4.86. The van der Waals surface area contributed by atoms with Gasteiger partial charge in [0.1, 0.15) is 5.75 Å². The maximum Gasteiger partial charge on any atom is 0.264 e. The molecule has 0 aliphatic heterocycles. The number of carbonyl (C=O) groups excluding carboxylic acids is 1. The zero-order valence-corrected chi connectivity index (χ0v) is 17.9. The van der Waals surface area contributed by atoms with Crippen LogP contribution >= 0.6 is 0 Å². The standard InChI is InChI=1S/C23H24N2O4S/c1-17(18-7-5-4-6-8-18)24-23(26)19-9-11-20(12-10-19)25(2)30(27,28)22-15-13-21(29-3)14-16-22/h4-17H,1-3H3,(H,24,26)/t17-/m0/s1. The van der Waals surface area contributed by atoms with E-state index in [-0.39, 0.29) is 16.8 Å². The number of nitrogens with one attached hydrogen (secondary N) is 1. The van der Waals surface area contributed by atoms with Gasteiger partial charge >= 0.3 is 0 Å². The molecule has 0 saturated heterocycles. The molecule has 0 bridgehead atoms. The first-order chi connectivity index (χ1) is 14.3. The lowest BCUT2D eigenvalue weighted by Gasteiger charge is -2.20. The Balaban J connectivity index is 1.73. The van der Waals surface area contributed by atoms with Crippen molar-refractivity contribution in [2.24, 2.45) is 0 Å². The van der Waals surface area contributed by atoms with Crippen LogP contribution in [0.2, 0.25) is 0 Å². The van der Waals surface area contributed by atoms with E-state index in [1.165, 1.54) is 30.6 Å². The molecule has 7 heteroatoms. The molecule has 3 rings (SSSR count). The number of anilines is 1. The molecule has 0 radical (unpaired) electrons. The van der Waals surface area contributed by atoms with Crippen molar-refractivity contribution in [3.05, 3.63) is 90.0 Å². The van der Waals surface area contributed by atoms with Gasteiger partial charge in [0.2, 0.25) is 0 Å². The Morgan fingerprint density at radius 1 is 0.933 bits per heavy atom. The summed E-state index contributed by atoms with van der Waals surface area (Å²) < 4.78 is 32.0. The van der Waals surface area contributed by atoms with Crippen LogP contribution in [0.4, 0.5) is 5.69 Å². The van der Waals surface area contributed by atoms with E-state index in [1.54, 1.807) is 36.4 Å². The second kappa shape index (κ2) is 9.00. The summed E-state index contributed by atoms with van der Waals surface area (Å²) in [5.41, 5.74) is 1.92. The molecule has 156 valence electrons. The molecular weight excluding hydrogens is 400 g/mol. The van der Waals surface area contributed by atoms with Crippen molar-refractivity contribution in [2.75, 3.05) is 18.5 Å². The van der Waals surface area contributed by atoms with Crippen LogP contribution in [0.5, 0.6) is 5.75 Å². The minimum Gasteiger partial charge on any atom is -0.497 e. The average Bonchev–Trinajstić information content (AvgIpc) is 2.79. The van der Waals surface area contributed by atoms with Crippen LogP contribution in [0.3, 0.4) is 0 Å². The highest BCUT2D eigenvalue weighted by Gasteiger charge is 2.21. The molecule has 3 aromatic rings. The summed E-state index contributed by atoms with van der Waals surface area (Å²) in [5, 5.41) is 2.95. The molecule has 1 N–H and O–H groups in total. The third-order valence-corrected chi connectivity index (χ3v) is 6.66. The topological polar surface area (TPSA) is 75.7 Å². The van der Waals surface area contributed by atoms with Gasteiger partial charge in [-0.2, -0.15) is 0 Å². The number of sulfonamides is 1. The van der Waals surface area contributed by atoms with Crippen LogP contribution in [0.15, 0.2) is 83.8 Å². The highest BCUT2D eigenvalue weighted by atomic mass is 32.2. The highest BCUT2D eigenvalue weighted by molar-refractivity contribution is 7.92. The van der Waals surface area contributed by atoms with Crippen LogP contribution in [-0.2, 0) is 10.0 Å². The van der Waals surface area contributed by atoms with E-state index in [9.17, 15) is 13.2 Å². The number of rotatable bonds is 7. The molecule has 6 nitrogen and oxygen atoms in total. The Hall–Kier alpha value is -3.32. The van der Waals surface area contributed by atoms with Crippen molar-refractivity contribution in [1.82, 2.24) is 5.32 Å². The lowest BCUT2D eigenvalue weighted by molar-refractivity contribution is 0.0940. The molecule has 0 fully saturated rings. The SMILES string of the molecule is COc1ccc(S(=O)(=O)N(C)c2ccc(C(=O)N[C@@H](C)c3ccccc3)cc2)cc1. The number of amides is 1. The molecular formula is C23H24N2O4S. The molecule has 0 heterocycles. The molecule has 0 aliphatic carbocycles. The number of hydrogen-bond donors (Lipinski definition) is 1. The minimum atomic E-state index is -3.73. The van der Waals surface area contributed by atoms with Crippen LogP contribution < -0.4 is 14.4 Å². The Morgan fingerprint density at radius 3 is 2.10 bits per heavy atom. The van der Waals surface area contributed by atoms with Gasteiger partial charge in [0.15, 0.2) is 0 Å². The Kier molecular flexibility index (Phi) is 6.42. The van der Waals surface area contributed by atoms with E-state index in [2.05, 4.69) is 5.32 Å². The van der Waals surface area contributed by atoms with E-state index >= 15 is 0 Å². The summed E-state index contributed by atoms with van der Waals surface area (Å²) in [5.74, 6) is 0.357. The van der Waals surface area contributed by atoms with Crippen molar-refractivity contribution in [3.8, 4) is 5.75 Å². The van der Waals surface area contributed by atoms with Crippen LogP contribution in [0.25, 0.3) is 0 Å². The molecule has 1 atom stereocenters. The number of hydrogen-bond acceptors (Lipinski definition) is 4. The lowest BCUT2D eigenvalue weighted by Crippen LogP contribution is -2.28. The number of ether oxygens (including phenoxy) is 1. The van der Waals surface area contributed by atoms with Crippen molar-refractivity contribution in [1.29, 1.82) is 0 Å². The summed E-state index contributed by atoms with van der Waals surface area (Å²) >= 11 is 0. The molecule has 0 aromatic heterocycles. The third kappa shape index (κ3) is 4.63. The van der Waals surface area contributed by atoms with E-state index < -0.39 is 10.0 Å². The van der Waals surface area contributed by atoms with Gasteiger partial charge in [-0.25, -0.2) is 8.42 Å². The molecule has 0 saturated carbocycles. The summed E-state index contributed by atoms with van der Waals surface area (Å²) in [6.45, 7) is 1.91. The second-order valence-electron chi connectivity index (χ2n) is 6.80. The van der Waals surface area contributed by atoms with Gasteiger partial charge in [-0.3, -0.25) is 9.10 Å². The lowest BCUT2D eigenvalue weighted by atomic mass is 10.1. The molecule has 0 unspecified atom stereocenters. The molecule has 30 heavy (non-hydrogen) atoms. The van der Waals surface area contributed by atoms with Gasteiger partial charge in [-0.05, 0) is 61.0 Å². The fourth-order valence-corrected chi connectivity index (χ4v) is 4.17. The first-order valence-corrected chi connectivity index (χ1v) is 10.9. The van der Waals surface area contributed by atoms with Crippen LogP contribution in [-0.4, -0.2) is 28.5 Å². The monoisotopic (exact) mass is 424 g/mol. The summed E-state index contributed by atoms with van der Waals surface area (Å²) in [6, 6.07) is 22.2. The van der Waals surface area contributed by atoms with Gasteiger partial charge in [0, 0.05) is 12.6 Å². The normalized spacial score (nSPS) is 12.1. The van der Waals surface area contributed by atoms with E-state index in [0.717, 1.165) is 5.56 Å². The minimum absolute atomic E-state index is 0.142. The zero-order valence-electron chi connectivity index (χ0n) is 17.1. The molecule has 1 amide bonds. The maximum atomic E-state index is 12.9. The zero-order chi connectivity index (χ0) is 21.7. The van der Waals surface area contributed by atoms with E-state index in [1.807, 2.05) is 37.3 Å². The Morgan fingerprint density at radius 2 is 1.53 bits per heavy atom. The fourth-order valence-electron chi connectivity index (χ4n) is 2.97. The molecule has 3 aromatic carbocycles. The number of carbonyl (C=O) groups is 1. The average molecular weight is 425 g/mol. The fraction of sp³-hybridized carbons (Fsp3) is 0.174. The predicted octanol–water partition coefficient (Wildman–Crippen LogP) is 4.01. The highest BCUT2D eigenvalue weighted by Crippen LogP contribution is 2.24. The van der Waals surface area contributed by atoms with Gasteiger partial charge < -0.3 is 10.1 Å². The largest absolute Gasteiger partial charge is 0.497 e. The van der Waals surface area contributed by atoms with Crippen molar-refractivity contribution >= 4 is 21.6 Å². The number of nitrogens with zero attached hydrogens (tertiary/aromatic N) is 1. The molecule has 0 aliphatic rings. The number of methoxy groups -OCH3 is 1. The van der Waals surface area contributed by atoms with Gasteiger partial charge in [0.25, 0.3) is 15.9 Å². The van der Waals surface area contributed by atoms with Gasteiger partial charge in [-0.1, -0.05) is 30.3 Å². The smallest absolute Gasteiger partial charge is 0.264 e. The summed E-state index contributed by atoms with van der Waals surface area (Å²) in [6.07, 6.45) is 0. The Labute approximate surface area is 177 Å². The predicted molar refractivity (Wildman–Crippen MR) is 117 cm³/mol. The quantitative estimate of drug-likeness (QED) is 0.622. The van der Waals surface area contributed by atoms with Crippen molar-refractivity contribution < 1.29 is 17.9 Å². The summed E-state index contributed by atoms with van der Waals surface area (Å²) in [7, 11) is -0.728. The van der Waals surface area contributed by atoms with E-state index in [0.29, 0.717) is 17.0 Å². The number of benzene rings is 3. The van der Waals surface area contributed by atoms with Gasteiger partial charge in [0.05, 0.1) is 23.7 Å². The maximum absolute atomic E-state index is 12.9.